The molecular formula is C22H21ClN4O5S2. The van der Waals surface area contributed by atoms with Crippen LogP contribution < -0.4 is 5.32 Å². The quantitative estimate of drug-likeness (QED) is 0.553. The fraction of sp³-hybridized carbons (Fsp3) is 0.273. The number of carbonyl (C=O) groups is 1. The predicted molar refractivity (Wildman–Crippen MR) is 128 cm³/mol. The molecule has 0 saturated carbocycles. The number of hydrogen-bond donors (Lipinski definition) is 1. The fourth-order valence-corrected chi connectivity index (χ4v) is 6.80. The van der Waals surface area contributed by atoms with E-state index in [1.165, 1.54) is 28.6 Å². The summed E-state index contributed by atoms with van der Waals surface area (Å²) in [5.41, 5.74) is 2.33. The molecular weight excluding hydrogens is 500 g/mol. The van der Waals surface area contributed by atoms with E-state index in [1.54, 1.807) is 22.9 Å². The predicted octanol–water partition coefficient (Wildman–Crippen LogP) is 2.56. The van der Waals surface area contributed by atoms with Crippen LogP contribution in [0.1, 0.15) is 21.6 Å². The van der Waals surface area contributed by atoms with Crippen LogP contribution in [0, 0.1) is 0 Å². The SMILES string of the molecule is O=C(Nc1c2c(nn1-c1cccc(Cl)c1)C[S@](=O)C2)c1ccc(S(=O)(=O)N2CCOCC2)cc1. The standard InChI is InChI=1S/C22H21ClN4O5S2/c23-16-2-1-3-17(12-16)27-21(19-13-33(29)14-20(19)25-27)24-22(28)15-4-6-18(7-5-15)34(30,31)26-8-10-32-11-9-26/h1-7,12H,8-11,13-14H2,(H,24,28)/t33-/m1/s1. The van der Waals surface area contributed by atoms with Gasteiger partial charge < -0.3 is 10.1 Å². The number of anilines is 1. The Balaban J connectivity index is 1.42. The van der Waals surface area contributed by atoms with Crippen molar-refractivity contribution in [3.8, 4) is 5.69 Å². The average Bonchev–Trinajstić information content (AvgIpc) is 3.36. The highest BCUT2D eigenvalue weighted by atomic mass is 35.5. The minimum absolute atomic E-state index is 0.117. The van der Waals surface area contributed by atoms with E-state index in [-0.39, 0.29) is 10.5 Å². The summed E-state index contributed by atoms with van der Waals surface area (Å²) < 4.78 is 45.9. The second-order valence-corrected chi connectivity index (χ2v) is 11.7. The Hall–Kier alpha value is -2.57. The summed E-state index contributed by atoms with van der Waals surface area (Å²) in [7, 11) is -4.73. The molecule has 3 heterocycles. The second-order valence-electron chi connectivity index (χ2n) is 7.89. The van der Waals surface area contributed by atoms with Crippen LogP contribution in [0.15, 0.2) is 53.4 Å². The molecule has 2 aliphatic rings. The number of benzene rings is 2. The van der Waals surface area contributed by atoms with Crippen LogP contribution in [0.25, 0.3) is 5.69 Å². The van der Waals surface area contributed by atoms with Crippen LogP contribution in [0.2, 0.25) is 5.02 Å². The molecule has 9 nitrogen and oxygen atoms in total. The van der Waals surface area contributed by atoms with Crippen molar-refractivity contribution in [2.45, 2.75) is 16.4 Å². The van der Waals surface area contributed by atoms with Gasteiger partial charge in [0.25, 0.3) is 5.91 Å². The number of carbonyl (C=O) groups excluding carboxylic acids is 1. The number of morpholine rings is 1. The summed E-state index contributed by atoms with van der Waals surface area (Å²) in [6.07, 6.45) is 0. The number of aromatic nitrogens is 2. The van der Waals surface area contributed by atoms with Gasteiger partial charge in [-0.3, -0.25) is 9.00 Å². The Morgan fingerprint density at radius 1 is 1.09 bits per heavy atom. The number of nitrogens with zero attached hydrogens (tertiary/aromatic N) is 3. The lowest BCUT2D eigenvalue weighted by Crippen LogP contribution is -2.40. The molecule has 178 valence electrons. The number of rotatable bonds is 5. The Morgan fingerprint density at radius 2 is 1.82 bits per heavy atom. The lowest BCUT2D eigenvalue weighted by molar-refractivity contribution is 0.0730. The van der Waals surface area contributed by atoms with Gasteiger partial charge >= 0.3 is 0 Å². The molecule has 12 heteroatoms. The molecule has 1 N–H and O–H groups in total. The topological polar surface area (TPSA) is 111 Å². The number of nitrogens with one attached hydrogen (secondary N) is 1. The third kappa shape index (κ3) is 4.41. The summed E-state index contributed by atoms with van der Waals surface area (Å²) >= 11 is 6.14. The van der Waals surface area contributed by atoms with Gasteiger partial charge in [0, 0.05) is 40.0 Å². The maximum Gasteiger partial charge on any atom is 0.256 e. The molecule has 34 heavy (non-hydrogen) atoms. The highest BCUT2D eigenvalue weighted by Gasteiger charge is 2.29. The van der Waals surface area contributed by atoms with Crippen molar-refractivity contribution in [3.63, 3.8) is 0 Å². The molecule has 0 spiro atoms. The smallest absolute Gasteiger partial charge is 0.256 e. The van der Waals surface area contributed by atoms with E-state index < -0.39 is 26.7 Å². The number of fused-ring (bicyclic) bond motifs is 1. The van der Waals surface area contributed by atoms with Crippen LogP contribution in [0.4, 0.5) is 5.82 Å². The largest absolute Gasteiger partial charge is 0.379 e. The average molecular weight is 521 g/mol. The van der Waals surface area contributed by atoms with Gasteiger partial charge in [0.15, 0.2) is 0 Å². The van der Waals surface area contributed by atoms with E-state index in [0.29, 0.717) is 60.0 Å². The molecule has 1 fully saturated rings. The molecule has 3 aromatic rings. The van der Waals surface area contributed by atoms with Crippen molar-refractivity contribution in [1.29, 1.82) is 0 Å². The lowest BCUT2D eigenvalue weighted by atomic mass is 10.2. The summed E-state index contributed by atoms with van der Waals surface area (Å²) in [5.74, 6) is 0.611. The van der Waals surface area contributed by atoms with Crippen LogP contribution in [-0.2, 0) is 37.1 Å². The van der Waals surface area contributed by atoms with Gasteiger partial charge in [-0.15, -0.1) is 0 Å². The summed E-state index contributed by atoms with van der Waals surface area (Å²) in [6, 6.07) is 12.8. The van der Waals surface area contributed by atoms with Crippen molar-refractivity contribution >= 4 is 44.1 Å². The molecule has 2 aliphatic heterocycles. The van der Waals surface area contributed by atoms with Crippen molar-refractivity contribution in [3.05, 3.63) is 70.4 Å². The van der Waals surface area contributed by atoms with Gasteiger partial charge in [-0.05, 0) is 42.5 Å². The van der Waals surface area contributed by atoms with Crippen LogP contribution >= 0.6 is 11.6 Å². The Kier molecular flexibility index (Phi) is 6.30. The minimum atomic E-state index is -3.65. The Morgan fingerprint density at radius 3 is 2.53 bits per heavy atom. The van der Waals surface area contributed by atoms with Crippen molar-refractivity contribution in [1.82, 2.24) is 14.1 Å². The molecule has 1 saturated heterocycles. The third-order valence-electron chi connectivity index (χ3n) is 5.68. The van der Waals surface area contributed by atoms with Crippen LogP contribution in [0.3, 0.4) is 0 Å². The molecule has 0 radical (unpaired) electrons. The van der Waals surface area contributed by atoms with Gasteiger partial charge in [-0.25, -0.2) is 13.1 Å². The second kappa shape index (κ2) is 9.23. The van der Waals surface area contributed by atoms with E-state index in [1.807, 2.05) is 6.07 Å². The van der Waals surface area contributed by atoms with E-state index in [2.05, 4.69) is 10.4 Å². The fourth-order valence-electron chi connectivity index (χ4n) is 3.94. The van der Waals surface area contributed by atoms with E-state index in [9.17, 15) is 17.4 Å². The molecule has 0 aliphatic carbocycles. The van der Waals surface area contributed by atoms with Gasteiger partial charge in [0.2, 0.25) is 10.0 Å². The number of halogens is 1. The molecule has 1 atom stereocenters. The molecule has 2 aromatic carbocycles. The molecule has 1 amide bonds. The molecule has 0 bridgehead atoms. The highest BCUT2D eigenvalue weighted by molar-refractivity contribution is 7.89. The zero-order chi connectivity index (χ0) is 23.9. The van der Waals surface area contributed by atoms with Crippen molar-refractivity contribution < 1.29 is 22.2 Å². The maximum atomic E-state index is 13.1. The van der Waals surface area contributed by atoms with E-state index >= 15 is 0 Å². The van der Waals surface area contributed by atoms with Gasteiger partial charge in [-0.2, -0.15) is 9.40 Å². The number of ether oxygens (including phenoxy) is 1. The molecule has 0 unspecified atom stereocenters. The van der Waals surface area contributed by atoms with E-state index in [4.69, 9.17) is 16.3 Å². The first kappa shape index (κ1) is 23.2. The van der Waals surface area contributed by atoms with Crippen molar-refractivity contribution in [2.24, 2.45) is 0 Å². The summed E-state index contributed by atoms with van der Waals surface area (Å²) in [5, 5.41) is 7.95. The Labute approximate surface area is 204 Å². The number of hydrogen-bond acceptors (Lipinski definition) is 6. The van der Waals surface area contributed by atoms with Crippen LogP contribution in [0.5, 0.6) is 0 Å². The normalized spacial score (nSPS) is 18.6. The molecule has 5 rings (SSSR count). The number of sulfonamides is 1. The van der Waals surface area contributed by atoms with Gasteiger partial charge in [0.05, 0.1) is 41.0 Å². The minimum Gasteiger partial charge on any atom is -0.379 e. The molecule has 1 aromatic heterocycles. The first-order valence-corrected chi connectivity index (χ1v) is 13.8. The summed E-state index contributed by atoms with van der Waals surface area (Å²) in [4.78, 5) is 13.2. The van der Waals surface area contributed by atoms with E-state index in [0.717, 1.165) is 5.56 Å². The zero-order valence-corrected chi connectivity index (χ0v) is 20.3. The zero-order valence-electron chi connectivity index (χ0n) is 17.9. The lowest BCUT2D eigenvalue weighted by Gasteiger charge is -2.26. The maximum absolute atomic E-state index is 13.1. The highest BCUT2D eigenvalue weighted by Crippen LogP contribution is 2.32. The summed E-state index contributed by atoms with van der Waals surface area (Å²) in [6.45, 7) is 1.30. The van der Waals surface area contributed by atoms with Crippen LogP contribution in [-0.4, -0.2) is 58.9 Å². The monoisotopic (exact) mass is 520 g/mol. The Bertz CT molecular complexity index is 1380. The van der Waals surface area contributed by atoms with Gasteiger partial charge in [-0.1, -0.05) is 17.7 Å². The third-order valence-corrected chi connectivity index (χ3v) is 9.03. The first-order chi connectivity index (χ1) is 16.3. The van der Waals surface area contributed by atoms with Gasteiger partial charge in [0.1, 0.15) is 5.82 Å². The first-order valence-electron chi connectivity index (χ1n) is 10.5. The van der Waals surface area contributed by atoms with Crippen molar-refractivity contribution in [2.75, 3.05) is 31.6 Å². The number of amides is 1.